The van der Waals surface area contributed by atoms with Crippen molar-refractivity contribution in [3.63, 3.8) is 0 Å². The molecular formula is C21H30O3. The third-order valence-corrected chi connectivity index (χ3v) is 7.72. The molecule has 0 heterocycles. The summed E-state index contributed by atoms with van der Waals surface area (Å²) < 4.78 is 5.95. The summed E-state index contributed by atoms with van der Waals surface area (Å²) in [5.41, 5.74) is 1.71. The highest BCUT2D eigenvalue weighted by Crippen LogP contribution is 2.61. The van der Waals surface area contributed by atoms with Gasteiger partial charge in [-0.15, -0.1) is 0 Å². The van der Waals surface area contributed by atoms with Crippen molar-refractivity contribution in [2.24, 2.45) is 29.1 Å². The van der Waals surface area contributed by atoms with Gasteiger partial charge in [-0.3, -0.25) is 9.59 Å². The Morgan fingerprint density at radius 1 is 1.12 bits per heavy atom. The number of ketones is 2. The van der Waals surface area contributed by atoms with E-state index < -0.39 is 0 Å². The molecular weight excluding hydrogens is 300 g/mol. The summed E-state index contributed by atoms with van der Waals surface area (Å²) >= 11 is 0. The molecule has 0 aliphatic heterocycles. The van der Waals surface area contributed by atoms with Crippen LogP contribution in [0.1, 0.15) is 65.2 Å². The van der Waals surface area contributed by atoms with Crippen molar-refractivity contribution in [2.75, 3.05) is 6.61 Å². The molecule has 6 unspecified atom stereocenters. The number of ether oxygens (including phenoxy) is 1. The lowest BCUT2D eigenvalue weighted by molar-refractivity contribution is -0.125. The van der Waals surface area contributed by atoms with Gasteiger partial charge in [0.25, 0.3) is 0 Å². The topological polar surface area (TPSA) is 43.4 Å². The molecule has 0 aromatic heterocycles. The molecule has 4 rings (SSSR count). The van der Waals surface area contributed by atoms with Crippen LogP contribution >= 0.6 is 0 Å². The Morgan fingerprint density at radius 3 is 2.71 bits per heavy atom. The molecule has 4 aliphatic rings. The lowest BCUT2D eigenvalue weighted by Gasteiger charge is -2.55. The van der Waals surface area contributed by atoms with Crippen LogP contribution in [0.15, 0.2) is 11.6 Å². The van der Waals surface area contributed by atoms with E-state index in [1.807, 2.05) is 6.08 Å². The molecule has 24 heavy (non-hydrogen) atoms. The van der Waals surface area contributed by atoms with Crippen LogP contribution in [-0.4, -0.2) is 24.3 Å². The predicted molar refractivity (Wildman–Crippen MR) is 92.5 cm³/mol. The zero-order valence-corrected chi connectivity index (χ0v) is 15.1. The summed E-state index contributed by atoms with van der Waals surface area (Å²) in [6, 6.07) is 0. The van der Waals surface area contributed by atoms with Crippen molar-refractivity contribution in [3.05, 3.63) is 11.6 Å². The second kappa shape index (κ2) is 6.09. The minimum atomic E-state index is 0.138. The van der Waals surface area contributed by atoms with Crippen LogP contribution in [0.2, 0.25) is 0 Å². The van der Waals surface area contributed by atoms with Crippen LogP contribution in [0.5, 0.6) is 0 Å². The van der Waals surface area contributed by atoms with Crippen LogP contribution in [0.4, 0.5) is 0 Å². The van der Waals surface area contributed by atoms with E-state index in [1.54, 1.807) is 6.92 Å². The van der Waals surface area contributed by atoms with E-state index in [-0.39, 0.29) is 17.8 Å². The Labute approximate surface area is 145 Å². The molecule has 3 fully saturated rings. The maximum absolute atomic E-state index is 11.9. The normalized spacial score (nSPS) is 44.3. The lowest BCUT2D eigenvalue weighted by Crippen LogP contribution is -2.48. The van der Waals surface area contributed by atoms with Crippen LogP contribution in [0.3, 0.4) is 0 Å². The fraction of sp³-hybridized carbons (Fsp3) is 0.810. The Hall–Kier alpha value is -0.960. The van der Waals surface area contributed by atoms with Crippen LogP contribution in [-0.2, 0) is 14.3 Å². The smallest absolute Gasteiger partial charge is 0.155 e. The first-order valence-corrected chi connectivity index (χ1v) is 9.84. The van der Waals surface area contributed by atoms with Crippen molar-refractivity contribution in [2.45, 2.75) is 71.3 Å². The van der Waals surface area contributed by atoms with E-state index in [0.717, 1.165) is 43.4 Å². The SMILES string of the molecule is CC(=O)COC1CCC2C1CCC1C2CCC2=CC(=O)CCC21C. The second-order valence-corrected chi connectivity index (χ2v) is 8.90. The second-order valence-electron chi connectivity index (χ2n) is 8.90. The van der Waals surface area contributed by atoms with Gasteiger partial charge in [-0.2, -0.15) is 0 Å². The Morgan fingerprint density at radius 2 is 1.92 bits per heavy atom. The number of rotatable bonds is 3. The fourth-order valence-corrected chi connectivity index (χ4v) is 6.59. The average Bonchev–Trinajstić information content (AvgIpc) is 2.97. The molecule has 0 bridgehead atoms. The number of fused-ring (bicyclic) bond motifs is 5. The monoisotopic (exact) mass is 330 g/mol. The standard InChI is InChI=1S/C21H30O3/c1-13(22)12-24-20-8-6-16-17-4-3-14-11-15(23)9-10-21(14,2)19(17)7-5-18(16)20/h11,16-20H,3-10,12H2,1-2H3. The summed E-state index contributed by atoms with van der Waals surface area (Å²) in [6.45, 7) is 4.33. The van der Waals surface area contributed by atoms with Gasteiger partial charge in [0.05, 0.1) is 6.10 Å². The molecule has 3 nitrogen and oxygen atoms in total. The predicted octanol–water partition coefficient (Wildman–Crippen LogP) is 4.10. The summed E-state index contributed by atoms with van der Waals surface area (Å²) in [6.07, 6.45) is 11.4. The van der Waals surface area contributed by atoms with Crippen molar-refractivity contribution >= 4 is 11.6 Å². The summed E-state index contributed by atoms with van der Waals surface area (Å²) in [5, 5.41) is 0. The number of carbonyl (C=O) groups is 2. The van der Waals surface area contributed by atoms with E-state index >= 15 is 0 Å². The lowest BCUT2D eigenvalue weighted by atomic mass is 9.50. The first-order valence-electron chi connectivity index (χ1n) is 9.84. The molecule has 0 N–H and O–H groups in total. The number of hydrogen-bond acceptors (Lipinski definition) is 3. The number of allylic oxidation sites excluding steroid dienone is 1. The van der Waals surface area contributed by atoms with E-state index in [2.05, 4.69) is 6.92 Å². The molecule has 0 aromatic rings. The van der Waals surface area contributed by atoms with Crippen LogP contribution in [0, 0.1) is 29.1 Å². The largest absolute Gasteiger partial charge is 0.370 e. The fourth-order valence-electron chi connectivity index (χ4n) is 6.59. The van der Waals surface area contributed by atoms with Gasteiger partial charge in [-0.25, -0.2) is 0 Å². The Balaban J connectivity index is 1.52. The Bertz CT molecular complexity index is 578. The van der Waals surface area contributed by atoms with Gasteiger partial charge in [0.15, 0.2) is 11.6 Å². The highest BCUT2D eigenvalue weighted by atomic mass is 16.5. The van der Waals surface area contributed by atoms with Crippen molar-refractivity contribution in [1.29, 1.82) is 0 Å². The summed E-state index contributed by atoms with van der Waals surface area (Å²) in [7, 11) is 0. The number of hydrogen-bond donors (Lipinski definition) is 0. The zero-order chi connectivity index (χ0) is 16.9. The average molecular weight is 330 g/mol. The van der Waals surface area contributed by atoms with Gasteiger partial charge >= 0.3 is 0 Å². The number of Topliss-reactive ketones (excluding diaryl/α,β-unsaturated/α-hetero) is 1. The van der Waals surface area contributed by atoms with Crippen LogP contribution < -0.4 is 0 Å². The minimum absolute atomic E-state index is 0.138. The first kappa shape index (κ1) is 16.5. The van der Waals surface area contributed by atoms with Crippen molar-refractivity contribution < 1.29 is 14.3 Å². The molecule has 0 saturated heterocycles. The quantitative estimate of drug-likeness (QED) is 0.782. The van der Waals surface area contributed by atoms with E-state index in [4.69, 9.17) is 4.74 Å². The third kappa shape index (κ3) is 2.60. The maximum atomic E-state index is 11.9. The minimum Gasteiger partial charge on any atom is -0.370 e. The van der Waals surface area contributed by atoms with Gasteiger partial charge in [0, 0.05) is 6.42 Å². The third-order valence-electron chi connectivity index (χ3n) is 7.72. The molecule has 0 spiro atoms. The molecule has 3 heteroatoms. The molecule has 0 radical (unpaired) electrons. The van der Waals surface area contributed by atoms with Gasteiger partial charge in [0.1, 0.15) is 6.61 Å². The van der Waals surface area contributed by atoms with E-state index in [1.165, 1.54) is 31.3 Å². The molecule has 132 valence electrons. The highest BCUT2D eigenvalue weighted by molar-refractivity contribution is 5.91. The zero-order valence-electron chi connectivity index (χ0n) is 15.1. The van der Waals surface area contributed by atoms with E-state index in [9.17, 15) is 9.59 Å². The van der Waals surface area contributed by atoms with Gasteiger partial charge in [-0.05, 0) is 87.0 Å². The van der Waals surface area contributed by atoms with Gasteiger partial charge < -0.3 is 4.74 Å². The van der Waals surface area contributed by atoms with Gasteiger partial charge in [-0.1, -0.05) is 12.5 Å². The molecule has 3 saturated carbocycles. The van der Waals surface area contributed by atoms with Crippen molar-refractivity contribution in [3.8, 4) is 0 Å². The Kier molecular flexibility index (Phi) is 4.19. The summed E-state index contributed by atoms with van der Waals surface area (Å²) in [5.74, 6) is 3.46. The van der Waals surface area contributed by atoms with Gasteiger partial charge in [0.2, 0.25) is 0 Å². The summed E-state index contributed by atoms with van der Waals surface area (Å²) in [4.78, 5) is 23.1. The van der Waals surface area contributed by atoms with Crippen molar-refractivity contribution in [1.82, 2.24) is 0 Å². The first-order chi connectivity index (χ1) is 11.5. The molecule has 0 amide bonds. The number of carbonyl (C=O) groups excluding carboxylic acids is 2. The van der Waals surface area contributed by atoms with E-state index in [0.29, 0.717) is 17.8 Å². The molecule has 0 aromatic carbocycles. The maximum Gasteiger partial charge on any atom is 0.155 e. The highest BCUT2D eigenvalue weighted by Gasteiger charge is 2.54. The molecule has 6 atom stereocenters. The molecule has 4 aliphatic carbocycles. The van der Waals surface area contributed by atoms with Crippen LogP contribution in [0.25, 0.3) is 0 Å².